The number of nitrogens with zero attached hydrogens (tertiary/aromatic N) is 5. The van der Waals surface area contributed by atoms with Crippen LogP contribution in [-0.2, 0) is 16.4 Å². The van der Waals surface area contributed by atoms with Gasteiger partial charge in [0, 0.05) is 43.6 Å². The van der Waals surface area contributed by atoms with Crippen LogP contribution in [0.2, 0.25) is 0 Å². The predicted octanol–water partition coefficient (Wildman–Crippen LogP) is 3.62. The van der Waals surface area contributed by atoms with Crippen LogP contribution in [0.1, 0.15) is 41.4 Å². The van der Waals surface area contributed by atoms with Crippen LogP contribution >= 0.6 is 0 Å². The topological polar surface area (TPSA) is 173 Å². The Labute approximate surface area is 271 Å². The van der Waals surface area contributed by atoms with Crippen LogP contribution in [0.3, 0.4) is 0 Å². The highest BCUT2D eigenvalue weighted by Gasteiger charge is 2.54. The van der Waals surface area contributed by atoms with E-state index >= 15 is 0 Å². The van der Waals surface area contributed by atoms with Crippen molar-refractivity contribution < 1.29 is 27.1 Å². The Kier molecular flexibility index (Phi) is 8.76. The number of aromatic nitrogens is 3. The Bertz CT molecular complexity index is 1970. The first kappa shape index (κ1) is 31.8. The van der Waals surface area contributed by atoms with Gasteiger partial charge in [-0.1, -0.05) is 0 Å². The third kappa shape index (κ3) is 6.86. The molecular weight excluding hydrogens is 625 g/mol. The number of hydrogen-bond donors (Lipinski definition) is 2. The lowest BCUT2D eigenvalue weighted by Gasteiger charge is -2.59. The van der Waals surface area contributed by atoms with Gasteiger partial charge in [-0.25, -0.2) is 27.9 Å². The zero-order valence-corrected chi connectivity index (χ0v) is 26.3. The van der Waals surface area contributed by atoms with Crippen LogP contribution in [0.25, 0.3) is 11.3 Å². The van der Waals surface area contributed by atoms with Crippen molar-refractivity contribution in [2.45, 2.75) is 37.2 Å². The highest BCUT2D eigenvalue weighted by Crippen LogP contribution is 2.51. The van der Waals surface area contributed by atoms with E-state index in [0.717, 1.165) is 31.6 Å². The van der Waals surface area contributed by atoms with Crippen LogP contribution in [-0.4, -0.2) is 61.6 Å². The highest BCUT2D eigenvalue weighted by molar-refractivity contribution is 7.89. The zero-order chi connectivity index (χ0) is 33.2. The number of benzene rings is 1. The molecule has 1 amide bonds. The molecule has 0 radical (unpaired) electrons. The number of hydrogen-bond acceptors (Lipinski definition) is 10. The van der Waals surface area contributed by atoms with Crippen molar-refractivity contribution in [2.75, 3.05) is 31.1 Å². The maximum atomic E-state index is 13.6. The smallest absolute Gasteiger partial charge is 0.273 e. The number of nitriles is 1. The van der Waals surface area contributed by atoms with Gasteiger partial charge >= 0.3 is 0 Å². The molecule has 3 aromatic heterocycles. The molecule has 0 atom stereocenters. The minimum atomic E-state index is -3.91. The number of carbonyl (C=O) groups is 1. The largest absolute Gasteiger partial charge is 0.488 e. The second-order valence-electron chi connectivity index (χ2n) is 11.7. The van der Waals surface area contributed by atoms with E-state index in [1.165, 1.54) is 30.6 Å². The number of primary sulfonamides is 1. The lowest BCUT2D eigenvalue weighted by Crippen LogP contribution is -2.65. The summed E-state index contributed by atoms with van der Waals surface area (Å²) in [6.45, 7) is 3.87. The summed E-state index contributed by atoms with van der Waals surface area (Å²) in [5, 5.41) is 17.5. The molecule has 0 bridgehead atoms. The molecule has 6 rings (SSSR count). The van der Waals surface area contributed by atoms with Crippen LogP contribution in [0, 0.1) is 22.6 Å². The number of rotatable bonds is 11. The number of sulfonamides is 1. The Morgan fingerprint density at radius 3 is 2.74 bits per heavy atom. The van der Waals surface area contributed by atoms with E-state index < -0.39 is 21.7 Å². The molecule has 0 unspecified atom stereocenters. The fourth-order valence-corrected chi connectivity index (χ4v) is 6.61. The van der Waals surface area contributed by atoms with E-state index in [1.54, 1.807) is 30.5 Å². The van der Waals surface area contributed by atoms with Crippen molar-refractivity contribution in [3.05, 3.63) is 89.8 Å². The monoisotopic (exact) mass is 657 g/mol. The number of ether oxygens (including phenoxy) is 2. The fraction of sp³-hybridized carbons (Fsp3) is 0.303. The molecule has 1 saturated carbocycles. The SMILES string of the molecule is CCOc1ncccc1-c1ccc(OC2CC3(C2)CN(c2ccc(F)cc2C#N)C3)c(C(=O)NCCc2cncc(S(N)(=O)=O)c2)n1. The number of nitrogens with one attached hydrogen (secondary N) is 1. The first-order valence-corrected chi connectivity index (χ1v) is 16.6. The molecule has 242 valence electrons. The number of pyridine rings is 3. The minimum absolute atomic E-state index is 0.0171. The second-order valence-corrected chi connectivity index (χ2v) is 13.3. The summed E-state index contributed by atoms with van der Waals surface area (Å²) in [5.74, 6) is -0.195. The van der Waals surface area contributed by atoms with E-state index in [-0.39, 0.29) is 28.7 Å². The van der Waals surface area contributed by atoms with Crippen molar-refractivity contribution in [3.63, 3.8) is 0 Å². The van der Waals surface area contributed by atoms with Gasteiger partial charge in [0.15, 0.2) is 11.4 Å². The second kappa shape index (κ2) is 12.9. The molecule has 12 nitrogen and oxygen atoms in total. The third-order valence-corrected chi connectivity index (χ3v) is 9.17. The number of anilines is 1. The van der Waals surface area contributed by atoms with E-state index in [2.05, 4.69) is 31.2 Å². The third-order valence-electron chi connectivity index (χ3n) is 8.29. The average Bonchev–Trinajstić information content (AvgIpc) is 3.02. The summed E-state index contributed by atoms with van der Waals surface area (Å²) >= 11 is 0. The average molecular weight is 658 g/mol. The molecule has 4 heterocycles. The summed E-state index contributed by atoms with van der Waals surface area (Å²) in [5.41, 5.74) is 2.82. The summed E-state index contributed by atoms with van der Waals surface area (Å²) < 4.78 is 49.1. The molecule has 2 aliphatic rings. The quantitative estimate of drug-likeness (QED) is 0.243. The number of nitrogens with two attached hydrogens (primary N) is 1. The standard InChI is InChI=1S/C33H32FN7O5S/c1-2-45-32-26(4-3-10-39-32)27-6-8-29(30(40-27)31(42)38-11-9-21-12-25(18-37-17-21)47(36,43)44)46-24-14-33(15-24)19-41(20-33)28-7-5-23(34)13-22(28)16-35/h3-8,10,12-13,17-18,24H,2,9,11,14-15,19-20H2,1H3,(H,38,42)(H2,36,43,44). The summed E-state index contributed by atoms with van der Waals surface area (Å²) in [6.07, 6.45) is 5.95. The van der Waals surface area contributed by atoms with Crippen molar-refractivity contribution >= 4 is 21.6 Å². The van der Waals surface area contributed by atoms with Gasteiger partial charge in [-0.05, 0) is 80.3 Å². The van der Waals surface area contributed by atoms with Crippen LogP contribution in [0.5, 0.6) is 11.6 Å². The predicted molar refractivity (Wildman–Crippen MR) is 170 cm³/mol. The molecule has 2 fully saturated rings. The summed E-state index contributed by atoms with van der Waals surface area (Å²) in [6, 6.07) is 14.8. The molecular formula is C33H32FN7O5S. The molecule has 14 heteroatoms. The van der Waals surface area contributed by atoms with Crippen molar-refractivity contribution in [1.82, 2.24) is 20.3 Å². The molecule has 1 aliphatic carbocycles. The molecule has 47 heavy (non-hydrogen) atoms. The summed E-state index contributed by atoms with van der Waals surface area (Å²) in [7, 11) is -3.91. The van der Waals surface area contributed by atoms with Gasteiger partial charge in [0.1, 0.15) is 22.9 Å². The Hall–Kier alpha value is -5.13. The van der Waals surface area contributed by atoms with Gasteiger partial charge in [0.05, 0.1) is 29.1 Å². The minimum Gasteiger partial charge on any atom is -0.488 e. The normalized spacial score (nSPS) is 15.3. The molecule has 1 aromatic carbocycles. The maximum absolute atomic E-state index is 13.6. The van der Waals surface area contributed by atoms with E-state index in [4.69, 9.17) is 14.6 Å². The van der Waals surface area contributed by atoms with Gasteiger partial charge in [-0.3, -0.25) is 9.78 Å². The Morgan fingerprint density at radius 2 is 2.00 bits per heavy atom. The van der Waals surface area contributed by atoms with Crippen molar-refractivity contribution in [3.8, 4) is 29.0 Å². The highest BCUT2D eigenvalue weighted by atomic mass is 32.2. The van der Waals surface area contributed by atoms with E-state index in [0.29, 0.717) is 47.0 Å². The summed E-state index contributed by atoms with van der Waals surface area (Å²) in [4.78, 5) is 28.4. The Morgan fingerprint density at radius 1 is 1.19 bits per heavy atom. The van der Waals surface area contributed by atoms with E-state index in [9.17, 15) is 22.9 Å². The van der Waals surface area contributed by atoms with Gasteiger partial charge in [0.2, 0.25) is 15.9 Å². The van der Waals surface area contributed by atoms with Gasteiger partial charge in [-0.15, -0.1) is 0 Å². The number of amides is 1. The maximum Gasteiger partial charge on any atom is 0.273 e. The number of halogens is 1. The van der Waals surface area contributed by atoms with E-state index in [1.807, 2.05) is 13.0 Å². The zero-order valence-electron chi connectivity index (χ0n) is 25.5. The Balaban J connectivity index is 1.17. The van der Waals surface area contributed by atoms with Crippen LogP contribution < -0.4 is 24.8 Å². The van der Waals surface area contributed by atoms with Gasteiger partial charge in [0.25, 0.3) is 5.91 Å². The van der Waals surface area contributed by atoms with Crippen LogP contribution in [0.15, 0.2) is 72.0 Å². The van der Waals surface area contributed by atoms with Crippen molar-refractivity contribution in [1.29, 1.82) is 5.26 Å². The van der Waals surface area contributed by atoms with Gasteiger partial charge in [-0.2, -0.15) is 5.26 Å². The van der Waals surface area contributed by atoms with Crippen molar-refractivity contribution in [2.24, 2.45) is 10.6 Å². The fourth-order valence-electron chi connectivity index (χ4n) is 6.09. The number of carbonyl (C=O) groups excluding carboxylic acids is 1. The van der Waals surface area contributed by atoms with Crippen LogP contribution in [0.4, 0.5) is 10.1 Å². The molecule has 4 aromatic rings. The molecule has 1 spiro atoms. The first-order valence-electron chi connectivity index (χ1n) is 15.0. The first-order chi connectivity index (χ1) is 22.6. The van der Waals surface area contributed by atoms with Gasteiger partial charge < -0.3 is 19.7 Å². The lowest BCUT2D eigenvalue weighted by atomic mass is 9.61. The molecule has 1 aliphatic heterocycles. The lowest BCUT2D eigenvalue weighted by molar-refractivity contribution is -0.0344. The molecule has 1 saturated heterocycles. The molecule has 3 N–H and O–H groups in total.